The molecule has 19 heavy (non-hydrogen) atoms. The molecule has 1 unspecified atom stereocenters. The highest BCUT2D eigenvalue weighted by molar-refractivity contribution is 9.10. The molecule has 102 valence electrons. The first kappa shape index (κ1) is 14.0. The summed E-state index contributed by atoms with van der Waals surface area (Å²) in [5.74, 6) is -2.53. The lowest BCUT2D eigenvalue weighted by atomic mass is 9.97. The van der Waals surface area contributed by atoms with Gasteiger partial charge in [0.1, 0.15) is 5.82 Å². The minimum absolute atomic E-state index is 0.0274. The van der Waals surface area contributed by atoms with Gasteiger partial charge >= 0.3 is 5.97 Å². The second-order valence-corrected chi connectivity index (χ2v) is 5.38. The standard InChI is InChI=1S/C13H13BrFNO3/c14-10-5-1-4-9(11(10)15)12(17)16-6-2-3-8(7-16)13(18)19/h1,4-5,8H,2-3,6-7H2,(H,18,19). The number of rotatable bonds is 2. The lowest BCUT2D eigenvalue weighted by Crippen LogP contribution is -2.42. The van der Waals surface area contributed by atoms with Gasteiger partial charge in [0.15, 0.2) is 0 Å². The maximum atomic E-state index is 13.9. The van der Waals surface area contributed by atoms with E-state index in [0.29, 0.717) is 19.4 Å². The van der Waals surface area contributed by atoms with E-state index >= 15 is 0 Å². The molecule has 0 bridgehead atoms. The molecule has 0 aromatic heterocycles. The van der Waals surface area contributed by atoms with Gasteiger partial charge in [-0.3, -0.25) is 9.59 Å². The Labute approximate surface area is 118 Å². The third kappa shape index (κ3) is 2.94. The lowest BCUT2D eigenvalue weighted by Gasteiger charge is -2.30. The van der Waals surface area contributed by atoms with Gasteiger partial charge in [-0.1, -0.05) is 6.07 Å². The summed E-state index contributed by atoms with van der Waals surface area (Å²) >= 11 is 3.03. The topological polar surface area (TPSA) is 57.6 Å². The van der Waals surface area contributed by atoms with Crippen LogP contribution in [0.4, 0.5) is 4.39 Å². The number of hydrogen-bond donors (Lipinski definition) is 1. The minimum Gasteiger partial charge on any atom is -0.481 e. The molecule has 0 spiro atoms. The van der Waals surface area contributed by atoms with Crippen molar-refractivity contribution < 1.29 is 19.1 Å². The number of halogens is 2. The summed E-state index contributed by atoms with van der Waals surface area (Å²) in [6, 6.07) is 4.51. The van der Waals surface area contributed by atoms with Gasteiger partial charge in [0.2, 0.25) is 0 Å². The van der Waals surface area contributed by atoms with E-state index in [0.717, 1.165) is 0 Å². The Hall–Kier alpha value is -1.43. The molecule has 1 N–H and O–H groups in total. The Balaban J connectivity index is 2.19. The van der Waals surface area contributed by atoms with Crippen molar-refractivity contribution in [3.05, 3.63) is 34.1 Å². The molecule has 1 saturated heterocycles. The number of carboxylic acid groups (broad SMARTS) is 1. The van der Waals surface area contributed by atoms with Crippen molar-refractivity contribution in [1.29, 1.82) is 0 Å². The van der Waals surface area contributed by atoms with Gasteiger partial charge in [-0.25, -0.2) is 4.39 Å². The fraction of sp³-hybridized carbons (Fsp3) is 0.385. The SMILES string of the molecule is O=C(O)C1CCCN(C(=O)c2cccc(Br)c2F)C1. The van der Waals surface area contributed by atoms with Crippen molar-refractivity contribution in [2.24, 2.45) is 5.92 Å². The number of benzene rings is 1. The third-order valence-corrected chi connectivity index (χ3v) is 3.85. The van der Waals surface area contributed by atoms with E-state index in [1.807, 2.05) is 0 Å². The van der Waals surface area contributed by atoms with Crippen LogP contribution in [0.25, 0.3) is 0 Å². The summed E-state index contributed by atoms with van der Waals surface area (Å²) in [5.41, 5.74) is -0.0274. The zero-order valence-electron chi connectivity index (χ0n) is 10.1. The quantitative estimate of drug-likeness (QED) is 0.907. The maximum Gasteiger partial charge on any atom is 0.308 e. The highest BCUT2D eigenvalue weighted by Crippen LogP contribution is 2.23. The minimum atomic E-state index is -0.910. The van der Waals surface area contributed by atoms with Crippen LogP contribution in [0.15, 0.2) is 22.7 Å². The Kier molecular flexibility index (Phi) is 4.19. The van der Waals surface area contributed by atoms with Crippen LogP contribution in [0.2, 0.25) is 0 Å². The number of piperidine rings is 1. The first-order chi connectivity index (χ1) is 9.00. The number of carboxylic acids is 1. The second-order valence-electron chi connectivity index (χ2n) is 4.53. The number of aliphatic carboxylic acids is 1. The van der Waals surface area contributed by atoms with E-state index in [2.05, 4.69) is 15.9 Å². The van der Waals surface area contributed by atoms with E-state index in [1.165, 1.54) is 17.0 Å². The highest BCUT2D eigenvalue weighted by atomic mass is 79.9. The number of likely N-dealkylation sites (tertiary alicyclic amines) is 1. The van der Waals surface area contributed by atoms with Gasteiger partial charge in [0, 0.05) is 13.1 Å². The summed E-state index contributed by atoms with van der Waals surface area (Å²) in [6.07, 6.45) is 1.18. The van der Waals surface area contributed by atoms with Gasteiger partial charge in [0.25, 0.3) is 5.91 Å². The van der Waals surface area contributed by atoms with Crippen molar-refractivity contribution in [2.75, 3.05) is 13.1 Å². The molecule has 6 heteroatoms. The van der Waals surface area contributed by atoms with E-state index in [4.69, 9.17) is 5.11 Å². The number of amides is 1. The molecular weight excluding hydrogens is 317 g/mol. The normalized spacial score (nSPS) is 19.3. The average molecular weight is 330 g/mol. The summed E-state index contributed by atoms with van der Waals surface area (Å²) in [7, 11) is 0. The number of carbonyl (C=O) groups excluding carboxylic acids is 1. The van der Waals surface area contributed by atoms with Crippen LogP contribution in [0.5, 0.6) is 0 Å². The Morgan fingerprint density at radius 3 is 2.84 bits per heavy atom. The number of carbonyl (C=O) groups is 2. The van der Waals surface area contributed by atoms with Gasteiger partial charge in [-0.05, 0) is 40.9 Å². The number of nitrogens with zero attached hydrogens (tertiary/aromatic N) is 1. The fourth-order valence-electron chi connectivity index (χ4n) is 2.20. The molecule has 1 aromatic carbocycles. The molecule has 1 aromatic rings. The predicted octanol–water partition coefficient (Wildman–Crippen LogP) is 2.53. The Morgan fingerprint density at radius 1 is 1.42 bits per heavy atom. The molecule has 1 atom stereocenters. The Bertz CT molecular complexity index is 521. The van der Waals surface area contributed by atoms with E-state index < -0.39 is 23.6 Å². The Morgan fingerprint density at radius 2 is 2.16 bits per heavy atom. The molecule has 1 heterocycles. The molecule has 2 rings (SSSR count). The second kappa shape index (κ2) is 5.69. The van der Waals surface area contributed by atoms with Gasteiger partial charge < -0.3 is 10.0 Å². The summed E-state index contributed by atoms with van der Waals surface area (Å²) in [6.45, 7) is 0.606. The zero-order chi connectivity index (χ0) is 14.0. The largest absolute Gasteiger partial charge is 0.481 e. The molecule has 0 radical (unpaired) electrons. The monoisotopic (exact) mass is 329 g/mol. The molecule has 1 fully saturated rings. The van der Waals surface area contributed by atoms with Crippen LogP contribution in [0, 0.1) is 11.7 Å². The van der Waals surface area contributed by atoms with Crippen molar-refractivity contribution in [2.45, 2.75) is 12.8 Å². The van der Waals surface area contributed by atoms with Crippen molar-refractivity contribution in [1.82, 2.24) is 4.90 Å². The fourth-order valence-corrected chi connectivity index (χ4v) is 2.57. The van der Waals surface area contributed by atoms with Crippen molar-refractivity contribution in [3.63, 3.8) is 0 Å². The first-order valence-corrected chi connectivity index (χ1v) is 6.76. The molecule has 0 saturated carbocycles. The molecule has 4 nitrogen and oxygen atoms in total. The third-order valence-electron chi connectivity index (χ3n) is 3.24. The van der Waals surface area contributed by atoms with Crippen LogP contribution in [0.3, 0.4) is 0 Å². The van der Waals surface area contributed by atoms with Crippen LogP contribution in [-0.2, 0) is 4.79 Å². The summed E-state index contributed by atoms with van der Waals surface area (Å²) in [4.78, 5) is 24.6. The van der Waals surface area contributed by atoms with E-state index in [-0.39, 0.29) is 16.6 Å². The smallest absolute Gasteiger partial charge is 0.308 e. The van der Waals surface area contributed by atoms with Gasteiger partial charge in [-0.15, -0.1) is 0 Å². The van der Waals surface area contributed by atoms with Crippen LogP contribution in [0.1, 0.15) is 23.2 Å². The summed E-state index contributed by atoms with van der Waals surface area (Å²) in [5, 5.41) is 8.99. The van der Waals surface area contributed by atoms with Crippen molar-refractivity contribution in [3.8, 4) is 0 Å². The van der Waals surface area contributed by atoms with E-state index in [1.54, 1.807) is 6.07 Å². The van der Waals surface area contributed by atoms with Crippen LogP contribution >= 0.6 is 15.9 Å². The van der Waals surface area contributed by atoms with Gasteiger partial charge in [-0.2, -0.15) is 0 Å². The predicted molar refractivity (Wildman–Crippen MR) is 70.4 cm³/mol. The van der Waals surface area contributed by atoms with Crippen molar-refractivity contribution >= 4 is 27.8 Å². The average Bonchev–Trinajstić information content (AvgIpc) is 2.41. The van der Waals surface area contributed by atoms with E-state index in [9.17, 15) is 14.0 Å². The molecule has 1 aliphatic heterocycles. The van der Waals surface area contributed by atoms with Crippen LogP contribution < -0.4 is 0 Å². The first-order valence-electron chi connectivity index (χ1n) is 5.97. The van der Waals surface area contributed by atoms with Gasteiger partial charge in [0.05, 0.1) is 16.0 Å². The maximum absolute atomic E-state index is 13.9. The molecular formula is C13H13BrFNO3. The summed E-state index contributed by atoms with van der Waals surface area (Å²) < 4.78 is 14.1. The molecule has 1 aliphatic rings. The van der Waals surface area contributed by atoms with Crippen LogP contribution in [-0.4, -0.2) is 35.0 Å². The molecule has 1 amide bonds. The zero-order valence-corrected chi connectivity index (χ0v) is 11.7. The lowest BCUT2D eigenvalue weighted by molar-refractivity contribution is -0.143. The number of hydrogen-bond acceptors (Lipinski definition) is 2. The molecule has 0 aliphatic carbocycles. The highest BCUT2D eigenvalue weighted by Gasteiger charge is 2.29.